The first kappa shape index (κ1) is 17.5. The third-order valence-corrected chi connectivity index (χ3v) is 4.20. The highest BCUT2D eigenvalue weighted by molar-refractivity contribution is 6.08. The van der Waals surface area contributed by atoms with Crippen LogP contribution in [0.2, 0.25) is 0 Å². The standard InChI is InChI=1S/C17H19N3O4/c1-3-17(4-2)15(22)20(16(23)19-17)10-14(21)24-11-13-7-5-6-12(8-13)9-18/h5-8H,3-4,10-11H2,1-2H3,(H,19,23). The number of hydrogen-bond acceptors (Lipinski definition) is 5. The Morgan fingerprint density at radius 1 is 1.33 bits per heavy atom. The van der Waals surface area contributed by atoms with E-state index in [0.717, 1.165) is 4.90 Å². The number of ether oxygens (including phenoxy) is 1. The van der Waals surface area contributed by atoms with Crippen LogP contribution in [0.4, 0.5) is 4.79 Å². The van der Waals surface area contributed by atoms with Crippen LogP contribution in [0, 0.1) is 11.3 Å². The topological polar surface area (TPSA) is 99.5 Å². The van der Waals surface area contributed by atoms with E-state index in [9.17, 15) is 14.4 Å². The monoisotopic (exact) mass is 329 g/mol. The van der Waals surface area contributed by atoms with E-state index in [-0.39, 0.29) is 6.61 Å². The number of carbonyl (C=O) groups excluding carboxylic acids is 3. The molecule has 1 heterocycles. The number of nitrogens with one attached hydrogen (secondary N) is 1. The van der Waals surface area contributed by atoms with E-state index in [2.05, 4.69) is 5.32 Å². The summed E-state index contributed by atoms with van der Waals surface area (Å²) in [6.45, 7) is 3.17. The van der Waals surface area contributed by atoms with E-state index in [0.29, 0.717) is 24.0 Å². The quantitative estimate of drug-likeness (QED) is 0.632. The van der Waals surface area contributed by atoms with Crippen molar-refractivity contribution < 1.29 is 19.1 Å². The lowest BCUT2D eigenvalue weighted by atomic mass is 9.93. The molecule has 7 nitrogen and oxygen atoms in total. The summed E-state index contributed by atoms with van der Waals surface area (Å²) in [6, 6.07) is 8.10. The minimum absolute atomic E-state index is 0.0231. The average Bonchev–Trinajstić information content (AvgIpc) is 2.84. The van der Waals surface area contributed by atoms with Gasteiger partial charge in [0, 0.05) is 0 Å². The third kappa shape index (κ3) is 3.38. The summed E-state index contributed by atoms with van der Waals surface area (Å²) >= 11 is 0. The van der Waals surface area contributed by atoms with E-state index in [1.165, 1.54) is 0 Å². The van der Waals surface area contributed by atoms with Crippen molar-refractivity contribution in [3.63, 3.8) is 0 Å². The summed E-state index contributed by atoms with van der Waals surface area (Å²) < 4.78 is 5.10. The van der Waals surface area contributed by atoms with E-state index in [1.807, 2.05) is 19.9 Å². The number of benzene rings is 1. The molecule has 0 spiro atoms. The van der Waals surface area contributed by atoms with Gasteiger partial charge in [0.05, 0.1) is 11.6 Å². The van der Waals surface area contributed by atoms with E-state index >= 15 is 0 Å². The average molecular weight is 329 g/mol. The summed E-state index contributed by atoms with van der Waals surface area (Å²) in [6.07, 6.45) is 0.918. The number of carbonyl (C=O) groups is 3. The number of nitriles is 1. The minimum Gasteiger partial charge on any atom is -0.459 e. The molecular formula is C17H19N3O4. The van der Waals surface area contributed by atoms with Gasteiger partial charge in [-0.2, -0.15) is 5.26 Å². The van der Waals surface area contributed by atoms with Gasteiger partial charge in [0.2, 0.25) is 0 Å². The van der Waals surface area contributed by atoms with E-state index in [4.69, 9.17) is 10.00 Å². The Morgan fingerprint density at radius 2 is 2.04 bits per heavy atom. The van der Waals surface area contributed by atoms with Crippen molar-refractivity contribution in [3.8, 4) is 6.07 Å². The van der Waals surface area contributed by atoms with Crippen molar-refractivity contribution in [2.24, 2.45) is 0 Å². The van der Waals surface area contributed by atoms with Crippen LogP contribution in [0.5, 0.6) is 0 Å². The van der Waals surface area contributed by atoms with Crippen LogP contribution < -0.4 is 5.32 Å². The van der Waals surface area contributed by atoms with Gasteiger partial charge in [-0.15, -0.1) is 0 Å². The van der Waals surface area contributed by atoms with E-state index < -0.39 is 30.0 Å². The third-order valence-electron chi connectivity index (χ3n) is 4.20. The van der Waals surface area contributed by atoms with Crippen LogP contribution in [0.1, 0.15) is 37.8 Å². The predicted molar refractivity (Wildman–Crippen MR) is 84.5 cm³/mol. The van der Waals surface area contributed by atoms with Crippen molar-refractivity contribution in [2.45, 2.75) is 38.8 Å². The van der Waals surface area contributed by atoms with Crippen molar-refractivity contribution in [1.82, 2.24) is 10.2 Å². The largest absolute Gasteiger partial charge is 0.459 e. The van der Waals surface area contributed by atoms with Crippen LogP contribution in [-0.2, 0) is 20.9 Å². The Hall–Kier alpha value is -2.88. The SMILES string of the molecule is CCC1(CC)NC(=O)N(CC(=O)OCc2cccc(C#N)c2)C1=O. The van der Waals surface area contributed by atoms with Crippen LogP contribution in [0.25, 0.3) is 0 Å². The van der Waals surface area contributed by atoms with Gasteiger partial charge in [0.15, 0.2) is 0 Å². The van der Waals surface area contributed by atoms with Crippen LogP contribution >= 0.6 is 0 Å². The molecule has 0 atom stereocenters. The van der Waals surface area contributed by atoms with Crippen molar-refractivity contribution in [2.75, 3.05) is 6.54 Å². The highest BCUT2D eigenvalue weighted by Gasteiger charge is 2.49. The molecule has 0 radical (unpaired) electrons. The smallest absolute Gasteiger partial charge is 0.326 e. The lowest BCUT2D eigenvalue weighted by Gasteiger charge is -2.22. The lowest BCUT2D eigenvalue weighted by Crippen LogP contribution is -2.46. The van der Waals surface area contributed by atoms with Gasteiger partial charge in [0.1, 0.15) is 18.7 Å². The maximum atomic E-state index is 12.4. The first-order valence-corrected chi connectivity index (χ1v) is 7.74. The van der Waals surface area contributed by atoms with Crippen molar-refractivity contribution >= 4 is 17.9 Å². The second-order valence-corrected chi connectivity index (χ2v) is 5.58. The number of urea groups is 1. The number of esters is 1. The maximum Gasteiger partial charge on any atom is 0.326 e. The zero-order chi connectivity index (χ0) is 17.7. The molecule has 0 aromatic heterocycles. The summed E-state index contributed by atoms with van der Waals surface area (Å²) in [5, 5.41) is 11.5. The number of nitrogens with zero attached hydrogens (tertiary/aromatic N) is 2. The Bertz CT molecular complexity index is 704. The molecule has 1 saturated heterocycles. The molecule has 0 bridgehead atoms. The zero-order valence-electron chi connectivity index (χ0n) is 13.7. The van der Waals surface area contributed by atoms with Gasteiger partial charge in [0.25, 0.3) is 5.91 Å². The number of hydrogen-bond donors (Lipinski definition) is 1. The van der Waals surface area contributed by atoms with Gasteiger partial charge < -0.3 is 10.1 Å². The number of amides is 3. The highest BCUT2D eigenvalue weighted by atomic mass is 16.5. The second-order valence-electron chi connectivity index (χ2n) is 5.58. The second kappa shape index (κ2) is 7.13. The number of imide groups is 1. The molecule has 1 aromatic carbocycles. The fourth-order valence-electron chi connectivity index (χ4n) is 2.62. The Labute approximate surface area is 140 Å². The fourth-order valence-corrected chi connectivity index (χ4v) is 2.62. The molecule has 126 valence electrons. The molecule has 1 aliphatic rings. The van der Waals surface area contributed by atoms with Gasteiger partial charge in [-0.1, -0.05) is 26.0 Å². The molecule has 7 heteroatoms. The zero-order valence-corrected chi connectivity index (χ0v) is 13.7. The Morgan fingerprint density at radius 3 is 2.62 bits per heavy atom. The van der Waals surface area contributed by atoms with Crippen LogP contribution in [0.15, 0.2) is 24.3 Å². The maximum absolute atomic E-state index is 12.4. The van der Waals surface area contributed by atoms with Crippen LogP contribution in [-0.4, -0.2) is 34.9 Å². The van der Waals surface area contributed by atoms with Gasteiger partial charge >= 0.3 is 12.0 Å². The number of rotatable bonds is 6. The molecule has 3 amide bonds. The lowest BCUT2D eigenvalue weighted by molar-refractivity contribution is -0.148. The first-order chi connectivity index (χ1) is 11.5. The molecule has 1 aliphatic heterocycles. The van der Waals surface area contributed by atoms with Crippen molar-refractivity contribution in [1.29, 1.82) is 5.26 Å². The molecule has 0 aliphatic carbocycles. The normalized spacial score (nSPS) is 15.8. The predicted octanol–water partition coefficient (Wildman–Crippen LogP) is 1.71. The Balaban J connectivity index is 1.96. The summed E-state index contributed by atoms with van der Waals surface area (Å²) in [5.41, 5.74) is 0.197. The van der Waals surface area contributed by atoms with E-state index in [1.54, 1.807) is 24.3 Å². The summed E-state index contributed by atoms with van der Waals surface area (Å²) in [4.78, 5) is 37.2. The van der Waals surface area contributed by atoms with Gasteiger partial charge in [-0.3, -0.25) is 14.5 Å². The van der Waals surface area contributed by atoms with Gasteiger partial charge in [-0.25, -0.2) is 4.79 Å². The first-order valence-electron chi connectivity index (χ1n) is 7.74. The molecule has 1 N–H and O–H groups in total. The highest BCUT2D eigenvalue weighted by Crippen LogP contribution is 2.24. The minimum atomic E-state index is -0.932. The summed E-state index contributed by atoms with van der Waals surface area (Å²) in [7, 11) is 0. The molecule has 0 unspecified atom stereocenters. The molecule has 1 fully saturated rings. The van der Waals surface area contributed by atoms with Crippen LogP contribution in [0.3, 0.4) is 0 Å². The fraction of sp³-hybridized carbons (Fsp3) is 0.412. The molecule has 0 saturated carbocycles. The Kier molecular flexibility index (Phi) is 5.19. The molecular weight excluding hydrogens is 310 g/mol. The molecule has 2 rings (SSSR count). The molecule has 24 heavy (non-hydrogen) atoms. The van der Waals surface area contributed by atoms with Crippen molar-refractivity contribution in [3.05, 3.63) is 35.4 Å². The molecule has 1 aromatic rings. The summed E-state index contributed by atoms with van der Waals surface area (Å²) in [5.74, 6) is -1.08. The van der Waals surface area contributed by atoms with Gasteiger partial charge in [-0.05, 0) is 30.5 Å².